The van der Waals surface area contributed by atoms with Crippen LogP contribution in [0.2, 0.25) is 0 Å². The topological polar surface area (TPSA) is 74.1 Å². The number of rotatable bonds is 6. The summed E-state index contributed by atoms with van der Waals surface area (Å²) in [7, 11) is 1.66. The van der Waals surface area contributed by atoms with Crippen molar-refractivity contribution in [3.8, 4) is 0 Å². The molecule has 2 aliphatic rings. The van der Waals surface area contributed by atoms with E-state index in [0.717, 1.165) is 54.3 Å². The number of methoxy groups -OCH3 is 1. The van der Waals surface area contributed by atoms with Gasteiger partial charge in [0.05, 0.1) is 24.5 Å². The zero-order chi connectivity index (χ0) is 16.4. The van der Waals surface area contributed by atoms with Gasteiger partial charge in [-0.25, -0.2) is 15.0 Å². The van der Waals surface area contributed by atoms with Gasteiger partial charge in [-0.15, -0.1) is 0 Å². The van der Waals surface area contributed by atoms with Crippen molar-refractivity contribution in [2.24, 2.45) is 0 Å². The van der Waals surface area contributed by atoms with Crippen LogP contribution >= 0.6 is 11.8 Å². The van der Waals surface area contributed by atoms with Crippen molar-refractivity contribution in [1.82, 2.24) is 19.5 Å². The highest BCUT2D eigenvalue weighted by molar-refractivity contribution is 7.99. The van der Waals surface area contributed by atoms with Crippen LogP contribution in [0.5, 0.6) is 0 Å². The van der Waals surface area contributed by atoms with E-state index in [1.165, 1.54) is 0 Å². The summed E-state index contributed by atoms with van der Waals surface area (Å²) in [4.78, 5) is 13.8. The number of anilines is 1. The van der Waals surface area contributed by atoms with Gasteiger partial charge in [0.2, 0.25) is 0 Å². The summed E-state index contributed by atoms with van der Waals surface area (Å²) in [6, 6.07) is 2.02. The Morgan fingerprint density at radius 3 is 3.17 bits per heavy atom. The van der Waals surface area contributed by atoms with Gasteiger partial charge in [0.1, 0.15) is 12.4 Å². The molecule has 2 aliphatic heterocycles. The van der Waals surface area contributed by atoms with Crippen LogP contribution in [0.15, 0.2) is 17.4 Å². The summed E-state index contributed by atoms with van der Waals surface area (Å²) in [6.07, 6.45) is 3.12. The standard InChI is InChI=1S/C16H21N5O2S/c1-22-10-15-19-13(11-2-4-23-9-11)6-14(20-15)17-7-12-8-21-3-5-24-16(21)18-12/h6,8,11H,2-5,7,9-10H2,1H3,(H,17,19,20)/t11-/m1/s1. The third-order valence-corrected chi connectivity index (χ3v) is 5.19. The molecule has 4 rings (SSSR count). The van der Waals surface area contributed by atoms with Crippen molar-refractivity contribution in [2.45, 2.75) is 37.2 Å². The van der Waals surface area contributed by atoms with Crippen LogP contribution in [-0.4, -0.2) is 45.6 Å². The normalized spacial score (nSPS) is 19.6. The van der Waals surface area contributed by atoms with E-state index in [0.29, 0.717) is 24.9 Å². The highest BCUT2D eigenvalue weighted by Crippen LogP contribution is 2.26. The van der Waals surface area contributed by atoms with Gasteiger partial charge in [0.15, 0.2) is 11.0 Å². The number of imidazole rings is 1. The molecule has 2 aromatic heterocycles. The fraction of sp³-hybridized carbons (Fsp3) is 0.562. The Kier molecular flexibility index (Phi) is 4.68. The summed E-state index contributed by atoms with van der Waals surface area (Å²) in [5, 5.41) is 4.49. The first kappa shape index (κ1) is 15.9. The van der Waals surface area contributed by atoms with E-state index in [4.69, 9.17) is 9.47 Å². The molecule has 1 atom stereocenters. The molecule has 8 heteroatoms. The molecule has 1 saturated heterocycles. The molecule has 1 fully saturated rings. The van der Waals surface area contributed by atoms with Gasteiger partial charge >= 0.3 is 0 Å². The van der Waals surface area contributed by atoms with Crippen molar-refractivity contribution in [3.05, 3.63) is 29.5 Å². The lowest BCUT2D eigenvalue weighted by molar-refractivity contribution is 0.177. The molecule has 128 valence electrons. The van der Waals surface area contributed by atoms with E-state index in [2.05, 4.69) is 31.0 Å². The largest absolute Gasteiger partial charge is 0.381 e. The number of fused-ring (bicyclic) bond motifs is 1. The Morgan fingerprint density at radius 1 is 1.42 bits per heavy atom. The second-order valence-electron chi connectivity index (χ2n) is 6.00. The molecule has 0 amide bonds. The summed E-state index contributed by atoms with van der Waals surface area (Å²) in [6.45, 7) is 3.64. The zero-order valence-corrected chi connectivity index (χ0v) is 14.5. The van der Waals surface area contributed by atoms with Crippen LogP contribution in [0.4, 0.5) is 5.82 Å². The second-order valence-corrected chi connectivity index (χ2v) is 7.06. The summed E-state index contributed by atoms with van der Waals surface area (Å²) in [5.74, 6) is 2.99. The SMILES string of the molecule is COCc1nc(NCc2cn3c(n2)SCC3)cc([C@@H]2CCOC2)n1. The van der Waals surface area contributed by atoms with Crippen LogP contribution in [0, 0.1) is 0 Å². The fourth-order valence-corrected chi connectivity index (χ4v) is 3.97. The van der Waals surface area contributed by atoms with Crippen LogP contribution in [0.3, 0.4) is 0 Å². The smallest absolute Gasteiger partial charge is 0.168 e. The van der Waals surface area contributed by atoms with Crippen molar-refractivity contribution in [3.63, 3.8) is 0 Å². The quantitative estimate of drug-likeness (QED) is 0.857. The molecule has 0 aliphatic carbocycles. The third kappa shape index (κ3) is 3.40. The average molecular weight is 347 g/mol. The fourth-order valence-electron chi connectivity index (χ4n) is 3.01. The first-order valence-electron chi connectivity index (χ1n) is 8.19. The lowest BCUT2D eigenvalue weighted by Crippen LogP contribution is -2.10. The maximum atomic E-state index is 5.49. The lowest BCUT2D eigenvalue weighted by atomic mass is 10.0. The molecule has 0 radical (unpaired) electrons. The van der Waals surface area contributed by atoms with Crippen molar-refractivity contribution in [1.29, 1.82) is 0 Å². The van der Waals surface area contributed by atoms with E-state index < -0.39 is 0 Å². The number of aromatic nitrogens is 4. The predicted octanol–water partition coefficient (Wildman–Crippen LogP) is 2.04. The van der Waals surface area contributed by atoms with Gasteiger partial charge in [-0.3, -0.25) is 0 Å². The Morgan fingerprint density at radius 2 is 2.38 bits per heavy atom. The first-order chi connectivity index (χ1) is 11.8. The van der Waals surface area contributed by atoms with Crippen molar-refractivity contribution >= 4 is 17.6 Å². The number of thioether (sulfide) groups is 1. The van der Waals surface area contributed by atoms with Crippen LogP contribution < -0.4 is 5.32 Å². The maximum Gasteiger partial charge on any atom is 0.168 e. The summed E-state index contributed by atoms with van der Waals surface area (Å²) >= 11 is 1.81. The molecule has 7 nitrogen and oxygen atoms in total. The lowest BCUT2D eigenvalue weighted by Gasteiger charge is -2.12. The van der Waals surface area contributed by atoms with Crippen LogP contribution in [-0.2, 0) is 29.2 Å². The van der Waals surface area contributed by atoms with Crippen LogP contribution in [0.25, 0.3) is 0 Å². The van der Waals surface area contributed by atoms with Gasteiger partial charge in [0, 0.05) is 44.2 Å². The number of nitrogens with zero attached hydrogens (tertiary/aromatic N) is 4. The highest BCUT2D eigenvalue weighted by Gasteiger charge is 2.21. The molecule has 0 unspecified atom stereocenters. The Hall–Kier alpha value is -1.64. The van der Waals surface area contributed by atoms with Crippen molar-refractivity contribution in [2.75, 3.05) is 31.4 Å². The Balaban J connectivity index is 1.49. The number of aryl methyl sites for hydroxylation is 1. The van der Waals surface area contributed by atoms with E-state index >= 15 is 0 Å². The molecule has 0 spiro atoms. The summed E-state index contributed by atoms with van der Waals surface area (Å²) < 4.78 is 12.9. The molecule has 24 heavy (non-hydrogen) atoms. The number of hydrogen-bond donors (Lipinski definition) is 1. The minimum absolute atomic E-state index is 0.344. The monoisotopic (exact) mass is 347 g/mol. The minimum Gasteiger partial charge on any atom is -0.381 e. The molecule has 4 heterocycles. The minimum atomic E-state index is 0.344. The molecule has 0 aromatic carbocycles. The summed E-state index contributed by atoms with van der Waals surface area (Å²) in [5.41, 5.74) is 2.06. The molecule has 2 aromatic rings. The van der Waals surface area contributed by atoms with E-state index in [1.807, 2.05) is 6.07 Å². The number of nitrogens with one attached hydrogen (secondary N) is 1. The molecule has 0 bridgehead atoms. The predicted molar refractivity (Wildman–Crippen MR) is 91.2 cm³/mol. The Labute approximate surface area is 145 Å². The van der Waals surface area contributed by atoms with Gasteiger partial charge < -0.3 is 19.4 Å². The first-order valence-corrected chi connectivity index (χ1v) is 9.17. The number of hydrogen-bond acceptors (Lipinski definition) is 7. The van der Waals surface area contributed by atoms with Gasteiger partial charge in [-0.1, -0.05) is 11.8 Å². The van der Waals surface area contributed by atoms with Gasteiger partial charge in [-0.05, 0) is 6.42 Å². The van der Waals surface area contributed by atoms with Crippen molar-refractivity contribution < 1.29 is 9.47 Å². The molecule has 0 saturated carbocycles. The highest BCUT2D eigenvalue weighted by atomic mass is 32.2. The molecular formula is C16H21N5O2S. The third-order valence-electron chi connectivity index (χ3n) is 4.22. The molecular weight excluding hydrogens is 326 g/mol. The molecule has 1 N–H and O–H groups in total. The van der Waals surface area contributed by atoms with Crippen LogP contribution in [0.1, 0.15) is 29.6 Å². The zero-order valence-electron chi connectivity index (χ0n) is 13.7. The number of ether oxygens (including phenoxy) is 2. The van der Waals surface area contributed by atoms with Gasteiger partial charge in [0.25, 0.3) is 0 Å². The van der Waals surface area contributed by atoms with E-state index in [1.54, 1.807) is 18.9 Å². The average Bonchev–Trinajstić information content (AvgIpc) is 3.30. The second kappa shape index (κ2) is 7.08. The van der Waals surface area contributed by atoms with Gasteiger partial charge in [-0.2, -0.15) is 0 Å². The Bertz CT molecular complexity index is 693. The van der Waals surface area contributed by atoms with E-state index in [9.17, 15) is 0 Å². The van der Waals surface area contributed by atoms with E-state index in [-0.39, 0.29) is 0 Å². The maximum absolute atomic E-state index is 5.49.